The number of hydrogen-bond donors (Lipinski definition) is 1. The second-order valence-corrected chi connectivity index (χ2v) is 8.79. The number of nitrogens with zero attached hydrogens (tertiary/aromatic N) is 2. The quantitative estimate of drug-likeness (QED) is 0.729. The highest BCUT2D eigenvalue weighted by Crippen LogP contribution is 2.33. The lowest BCUT2D eigenvalue weighted by Gasteiger charge is -2.32. The van der Waals surface area contributed by atoms with Crippen LogP contribution < -0.4 is 5.32 Å². The predicted molar refractivity (Wildman–Crippen MR) is 124 cm³/mol. The normalized spacial score (nSPS) is 19.0. The van der Waals surface area contributed by atoms with Gasteiger partial charge in [-0.25, -0.2) is 0 Å². The van der Waals surface area contributed by atoms with Gasteiger partial charge < -0.3 is 15.1 Å². The van der Waals surface area contributed by atoms with E-state index in [0.29, 0.717) is 11.8 Å². The summed E-state index contributed by atoms with van der Waals surface area (Å²) in [5.41, 5.74) is 4.77. The Morgan fingerprint density at radius 1 is 1.07 bits per heavy atom. The minimum Gasteiger partial charge on any atom is -0.384 e. The van der Waals surface area contributed by atoms with Gasteiger partial charge >= 0.3 is 0 Å². The standard InChI is InChI=1S/C26H35N3O/c1-3-28(4-2)19-23-18-27-25-11-10-22(17-24(23)25)26(30)29-14-12-21(13-15-29)16-20-8-6-5-7-9-20/h5-11,17,21,23,27H,3-4,12-16,18-19H2,1-2H3. The van der Waals surface area contributed by atoms with Crippen molar-refractivity contribution in [3.05, 3.63) is 65.2 Å². The van der Waals surface area contributed by atoms with Gasteiger partial charge in [-0.1, -0.05) is 44.2 Å². The number of carbonyl (C=O) groups is 1. The molecule has 2 aliphatic rings. The molecule has 160 valence electrons. The molecule has 4 heteroatoms. The average molecular weight is 406 g/mol. The Hall–Kier alpha value is -2.33. The Balaban J connectivity index is 1.37. The first kappa shape index (κ1) is 20.9. The summed E-state index contributed by atoms with van der Waals surface area (Å²) in [6, 6.07) is 17.0. The summed E-state index contributed by atoms with van der Waals surface area (Å²) < 4.78 is 0. The molecule has 0 radical (unpaired) electrons. The van der Waals surface area contributed by atoms with Crippen molar-refractivity contribution < 1.29 is 4.79 Å². The van der Waals surface area contributed by atoms with Crippen LogP contribution in [-0.2, 0) is 6.42 Å². The fraction of sp³-hybridized carbons (Fsp3) is 0.500. The topological polar surface area (TPSA) is 35.6 Å². The lowest BCUT2D eigenvalue weighted by atomic mass is 9.90. The van der Waals surface area contributed by atoms with Crippen LogP contribution >= 0.6 is 0 Å². The lowest BCUT2D eigenvalue weighted by molar-refractivity contribution is 0.0690. The van der Waals surface area contributed by atoms with Crippen LogP contribution in [0.5, 0.6) is 0 Å². The van der Waals surface area contributed by atoms with E-state index in [4.69, 9.17) is 0 Å². The van der Waals surface area contributed by atoms with Gasteiger partial charge in [-0.3, -0.25) is 4.79 Å². The molecule has 0 bridgehead atoms. The third kappa shape index (κ3) is 4.70. The van der Waals surface area contributed by atoms with Crippen molar-refractivity contribution in [3.63, 3.8) is 0 Å². The van der Waals surface area contributed by atoms with Crippen LogP contribution in [0.3, 0.4) is 0 Å². The maximum absolute atomic E-state index is 13.2. The summed E-state index contributed by atoms with van der Waals surface area (Å²) >= 11 is 0. The SMILES string of the molecule is CCN(CC)CC1CNc2ccc(C(=O)N3CCC(Cc4ccccc4)CC3)cc21. The molecule has 2 aromatic rings. The minimum atomic E-state index is 0.199. The Bertz CT molecular complexity index is 839. The van der Waals surface area contributed by atoms with Crippen LogP contribution in [0.15, 0.2) is 48.5 Å². The van der Waals surface area contributed by atoms with Crippen LogP contribution in [0.1, 0.15) is 54.1 Å². The molecule has 4 nitrogen and oxygen atoms in total. The van der Waals surface area contributed by atoms with Gasteiger partial charge in [-0.15, -0.1) is 0 Å². The number of anilines is 1. The van der Waals surface area contributed by atoms with Gasteiger partial charge in [0.1, 0.15) is 0 Å². The zero-order chi connectivity index (χ0) is 20.9. The van der Waals surface area contributed by atoms with E-state index < -0.39 is 0 Å². The van der Waals surface area contributed by atoms with Crippen molar-refractivity contribution in [2.75, 3.05) is 44.6 Å². The molecule has 2 aliphatic heterocycles. The van der Waals surface area contributed by atoms with Crippen LogP contribution in [0.4, 0.5) is 5.69 Å². The number of likely N-dealkylation sites (N-methyl/N-ethyl adjacent to an activating group) is 1. The van der Waals surface area contributed by atoms with Gasteiger partial charge in [0.2, 0.25) is 0 Å². The van der Waals surface area contributed by atoms with Gasteiger partial charge in [-0.05, 0) is 67.6 Å². The molecule has 2 heterocycles. The van der Waals surface area contributed by atoms with E-state index in [9.17, 15) is 4.79 Å². The Morgan fingerprint density at radius 2 is 1.80 bits per heavy atom. The Labute approximate surface area is 181 Å². The molecule has 1 amide bonds. The molecule has 0 saturated carbocycles. The number of carbonyl (C=O) groups excluding carboxylic acids is 1. The zero-order valence-electron chi connectivity index (χ0n) is 18.4. The van der Waals surface area contributed by atoms with Gasteiger partial charge in [0.25, 0.3) is 5.91 Å². The smallest absolute Gasteiger partial charge is 0.253 e. The van der Waals surface area contributed by atoms with Gasteiger partial charge in [0.15, 0.2) is 0 Å². The number of hydrogen-bond acceptors (Lipinski definition) is 3. The van der Waals surface area contributed by atoms with E-state index >= 15 is 0 Å². The molecular formula is C26H35N3O. The summed E-state index contributed by atoms with van der Waals surface area (Å²) in [5.74, 6) is 1.34. The van der Waals surface area contributed by atoms with E-state index in [0.717, 1.165) is 64.1 Å². The Morgan fingerprint density at radius 3 is 2.50 bits per heavy atom. The van der Waals surface area contributed by atoms with Crippen molar-refractivity contribution in [1.29, 1.82) is 0 Å². The summed E-state index contributed by atoms with van der Waals surface area (Å²) in [6.07, 6.45) is 3.32. The van der Waals surface area contributed by atoms with Crippen molar-refractivity contribution >= 4 is 11.6 Å². The van der Waals surface area contributed by atoms with E-state index in [2.05, 4.69) is 71.4 Å². The van der Waals surface area contributed by atoms with E-state index in [-0.39, 0.29) is 5.91 Å². The molecule has 1 atom stereocenters. The average Bonchev–Trinajstić information content (AvgIpc) is 3.20. The van der Waals surface area contributed by atoms with Crippen molar-refractivity contribution in [2.45, 2.75) is 39.0 Å². The lowest BCUT2D eigenvalue weighted by Crippen LogP contribution is -2.39. The van der Waals surface area contributed by atoms with Crippen LogP contribution in [0.25, 0.3) is 0 Å². The predicted octanol–water partition coefficient (Wildman–Crippen LogP) is 4.63. The third-order valence-electron chi connectivity index (χ3n) is 6.92. The number of benzene rings is 2. The monoisotopic (exact) mass is 405 g/mol. The second kappa shape index (κ2) is 9.65. The first-order chi connectivity index (χ1) is 14.7. The van der Waals surface area contributed by atoms with Crippen molar-refractivity contribution in [3.8, 4) is 0 Å². The zero-order valence-corrected chi connectivity index (χ0v) is 18.4. The number of nitrogens with one attached hydrogen (secondary N) is 1. The number of likely N-dealkylation sites (tertiary alicyclic amines) is 1. The van der Waals surface area contributed by atoms with Crippen LogP contribution in [0.2, 0.25) is 0 Å². The molecule has 1 N–H and O–H groups in total. The van der Waals surface area contributed by atoms with Gasteiger partial charge in [0, 0.05) is 43.3 Å². The van der Waals surface area contributed by atoms with Gasteiger partial charge in [-0.2, -0.15) is 0 Å². The summed E-state index contributed by atoms with van der Waals surface area (Å²) in [5, 5.41) is 3.53. The molecular weight excluding hydrogens is 370 g/mol. The minimum absolute atomic E-state index is 0.199. The number of piperidine rings is 1. The summed E-state index contributed by atoms with van der Waals surface area (Å²) in [7, 11) is 0. The number of amides is 1. The maximum Gasteiger partial charge on any atom is 0.253 e. The summed E-state index contributed by atoms with van der Waals surface area (Å²) in [4.78, 5) is 17.7. The second-order valence-electron chi connectivity index (χ2n) is 8.79. The van der Waals surface area contributed by atoms with E-state index in [1.807, 2.05) is 6.07 Å². The first-order valence-corrected chi connectivity index (χ1v) is 11.6. The van der Waals surface area contributed by atoms with E-state index in [1.165, 1.54) is 16.8 Å². The van der Waals surface area contributed by atoms with Gasteiger partial charge in [0.05, 0.1) is 0 Å². The van der Waals surface area contributed by atoms with E-state index in [1.54, 1.807) is 0 Å². The molecule has 0 spiro atoms. The molecule has 1 saturated heterocycles. The molecule has 4 rings (SSSR count). The largest absolute Gasteiger partial charge is 0.384 e. The summed E-state index contributed by atoms with van der Waals surface area (Å²) in [6.45, 7) is 10.3. The fourth-order valence-electron chi connectivity index (χ4n) is 4.96. The number of fused-ring (bicyclic) bond motifs is 1. The molecule has 1 unspecified atom stereocenters. The van der Waals surface area contributed by atoms with Crippen molar-refractivity contribution in [2.24, 2.45) is 5.92 Å². The molecule has 0 aliphatic carbocycles. The van der Waals surface area contributed by atoms with Crippen LogP contribution in [0, 0.1) is 5.92 Å². The fourth-order valence-corrected chi connectivity index (χ4v) is 4.96. The Kier molecular flexibility index (Phi) is 6.73. The molecule has 0 aromatic heterocycles. The highest BCUT2D eigenvalue weighted by atomic mass is 16.2. The number of rotatable bonds is 7. The van der Waals surface area contributed by atoms with Crippen LogP contribution in [-0.4, -0.2) is 55.0 Å². The first-order valence-electron chi connectivity index (χ1n) is 11.6. The third-order valence-corrected chi connectivity index (χ3v) is 6.92. The molecule has 1 fully saturated rings. The highest BCUT2D eigenvalue weighted by Gasteiger charge is 2.27. The molecule has 2 aromatic carbocycles. The highest BCUT2D eigenvalue weighted by molar-refractivity contribution is 5.95. The van der Waals surface area contributed by atoms with Crippen molar-refractivity contribution in [1.82, 2.24) is 9.80 Å². The molecule has 30 heavy (non-hydrogen) atoms. The maximum atomic E-state index is 13.2.